The van der Waals surface area contributed by atoms with Gasteiger partial charge in [-0.3, -0.25) is 0 Å². The lowest BCUT2D eigenvalue weighted by atomic mass is 9.82. The third-order valence-electron chi connectivity index (χ3n) is 4.89. The van der Waals surface area contributed by atoms with Crippen LogP contribution in [0.5, 0.6) is 0 Å². The van der Waals surface area contributed by atoms with Crippen molar-refractivity contribution in [3.05, 3.63) is 65.2 Å². The highest BCUT2D eigenvalue weighted by Gasteiger charge is 2.44. The topological polar surface area (TPSA) is 32.3 Å². The van der Waals surface area contributed by atoms with Crippen molar-refractivity contribution in [2.75, 3.05) is 5.32 Å². The summed E-state index contributed by atoms with van der Waals surface area (Å²) in [4.78, 5) is 0. The first kappa shape index (κ1) is 12.0. The molecular formula is C18H19NO. The number of benzene rings is 2. The Balaban J connectivity index is 1.70. The fraction of sp³-hybridized carbons (Fsp3) is 0.333. The molecule has 0 saturated carbocycles. The molecule has 1 aliphatic carbocycles. The van der Waals surface area contributed by atoms with Gasteiger partial charge in [0.2, 0.25) is 0 Å². The van der Waals surface area contributed by atoms with E-state index >= 15 is 0 Å². The average molecular weight is 265 g/mol. The number of hydrogen-bond donors (Lipinski definition) is 2. The minimum atomic E-state index is -0.718. The zero-order valence-corrected chi connectivity index (χ0v) is 11.5. The number of rotatable bonds is 1. The molecule has 2 heteroatoms. The molecule has 0 amide bonds. The predicted octanol–water partition coefficient (Wildman–Crippen LogP) is 3.25. The first-order valence-electron chi connectivity index (χ1n) is 7.42. The SMILES string of the molecule is OC1(C2CCc3ccccc3N2)CCc2ccccc21. The van der Waals surface area contributed by atoms with E-state index in [0.717, 1.165) is 31.2 Å². The largest absolute Gasteiger partial charge is 0.383 e. The Bertz CT molecular complexity index is 651. The van der Waals surface area contributed by atoms with Crippen molar-refractivity contribution >= 4 is 5.69 Å². The Labute approximate surface area is 119 Å². The predicted molar refractivity (Wildman–Crippen MR) is 80.8 cm³/mol. The molecule has 2 aromatic rings. The minimum Gasteiger partial charge on any atom is -0.383 e. The molecule has 2 atom stereocenters. The highest BCUT2D eigenvalue weighted by atomic mass is 16.3. The lowest BCUT2D eigenvalue weighted by Crippen LogP contribution is -2.45. The lowest BCUT2D eigenvalue weighted by Gasteiger charge is -2.38. The maximum absolute atomic E-state index is 11.2. The summed E-state index contributed by atoms with van der Waals surface area (Å²) in [6.07, 6.45) is 3.83. The molecule has 2 aromatic carbocycles. The molecular weight excluding hydrogens is 246 g/mol. The zero-order chi connectivity index (χ0) is 13.6. The molecule has 0 aromatic heterocycles. The van der Waals surface area contributed by atoms with Crippen molar-refractivity contribution in [1.29, 1.82) is 0 Å². The van der Waals surface area contributed by atoms with Gasteiger partial charge in [0.25, 0.3) is 0 Å². The van der Waals surface area contributed by atoms with Crippen LogP contribution in [0.2, 0.25) is 0 Å². The summed E-state index contributed by atoms with van der Waals surface area (Å²) in [5.74, 6) is 0. The van der Waals surface area contributed by atoms with Crippen molar-refractivity contribution in [3.8, 4) is 0 Å². The van der Waals surface area contributed by atoms with Crippen LogP contribution in [0.1, 0.15) is 29.5 Å². The van der Waals surface area contributed by atoms with Crippen LogP contribution in [0, 0.1) is 0 Å². The van der Waals surface area contributed by atoms with Gasteiger partial charge >= 0.3 is 0 Å². The van der Waals surface area contributed by atoms with E-state index in [0.29, 0.717) is 0 Å². The summed E-state index contributed by atoms with van der Waals surface area (Å²) in [6.45, 7) is 0. The average Bonchev–Trinajstić information content (AvgIpc) is 2.86. The molecule has 0 spiro atoms. The highest BCUT2D eigenvalue weighted by Crippen LogP contribution is 2.43. The van der Waals surface area contributed by atoms with Crippen molar-refractivity contribution < 1.29 is 5.11 Å². The number of anilines is 1. The maximum atomic E-state index is 11.2. The van der Waals surface area contributed by atoms with Crippen LogP contribution < -0.4 is 5.32 Å². The first-order valence-corrected chi connectivity index (χ1v) is 7.42. The third kappa shape index (κ3) is 1.68. The second-order valence-electron chi connectivity index (χ2n) is 5.97. The maximum Gasteiger partial charge on any atom is 0.110 e. The van der Waals surface area contributed by atoms with Crippen LogP contribution in [0.15, 0.2) is 48.5 Å². The first-order chi connectivity index (χ1) is 9.77. The molecule has 20 heavy (non-hydrogen) atoms. The second kappa shape index (κ2) is 4.35. The van der Waals surface area contributed by atoms with Crippen LogP contribution in [-0.4, -0.2) is 11.1 Å². The van der Waals surface area contributed by atoms with Crippen molar-refractivity contribution in [2.24, 2.45) is 0 Å². The van der Waals surface area contributed by atoms with E-state index < -0.39 is 5.60 Å². The van der Waals surface area contributed by atoms with Gasteiger partial charge in [-0.2, -0.15) is 0 Å². The molecule has 0 fully saturated rings. The molecule has 0 saturated heterocycles. The van der Waals surface area contributed by atoms with Gasteiger partial charge in [-0.25, -0.2) is 0 Å². The molecule has 2 aliphatic rings. The fourth-order valence-corrected chi connectivity index (χ4v) is 3.78. The van der Waals surface area contributed by atoms with Crippen LogP contribution in [0.25, 0.3) is 0 Å². The van der Waals surface area contributed by atoms with Gasteiger partial charge in [0, 0.05) is 5.69 Å². The van der Waals surface area contributed by atoms with Gasteiger partial charge < -0.3 is 10.4 Å². The van der Waals surface area contributed by atoms with Crippen LogP contribution in [-0.2, 0) is 18.4 Å². The minimum absolute atomic E-state index is 0.112. The van der Waals surface area contributed by atoms with Crippen molar-refractivity contribution in [2.45, 2.75) is 37.3 Å². The number of nitrogens with one attached hydrogen (secondary N) is 1. The Hall–Kier alpha value is -1.80. The quantitative estimate of drug-likeness (QED) is 0.829. The molecule has 102 valence electrons. The van der Waals surface area contributed by atoms with E-state index in [9.17, 15) is 5.11 Å². The van der Waals surface area contributed by atoms with E-state index in [1.54, 1.807) is 0 Å². The summed E-state index contributed by atoms with van der Waals surface area (Å²) >= 11 is 0. The number of para-hydroxylation sites is 1. The van der Waals surface area contributed by atoms with E-state index in [1.807, 2.05) is 6.07 Å². The van der Waals surface area contributed by atoms with Gasteiger partial charge in [-0.1, -0.05) is 42.5 Å². The van der Waals surface area contributed by atoms with Gasteiger partial charge in [-0.05, 0) is 48.4 Å². The fourth-order valence-electron chi connectivity index (χ4n) is 3.78. The van der Waals surface area contributed by atoms with Gasteiger partial charge in [0.1, 0.15) is 5.60 Å². The second-order valence-corrected chi connectivity index (χ2v) is 5.97. The monoisotopic (exact) mass is 265 g/mol. The zero-order valence-electron chi connectivity index (χ0n) is 11.5. The summed E-state index contributed by atoms with van der Waals surface area (Å²) < 4.78 is 0. The van der Waals surface area contributed by atoms with Gasteiger partial charge in [0.05, 0.1) is 6.04 Å². The molecule has 2 N–H and O–H groups in total. The third-order valence-corrected chi connectivity index (χ3v) is 4.89. The Morgan fingerprint density at radius 1 is 0.950 bits per heavy atom. The number of fused-ring (bicyclic) bond motifs is 2. The molecule has 0 bridgehead atoms. The van der Waals surface area contributed by atoms with Crippen LogP contribution in [0.3, 0.4) is 0 Å². The normalized spacial score (nSPS) is 27.6. The number of hydrogen-bond acceptors (Lipinski definition) is 2. The highest BCUT2D eigenvalue weighted by molar-refractivity contribution is 5.55. The molecule has 2 unspecified atom stereocenters. The number of aliphatic hydroxyl groups is 1. The van der Waals surface area contributed by atoms with E-state index in [1.165, 1.54) is 16.8 Å². The Kier molecular flexibility index (Phi) is 2.61. The molecule has 1 aliphatic heterocycles. The van der Waals surface area contributed by atoms with Gasteiger partial charge in [-0.15, -0.1) is 0 Å². The molecule has 0 radical (unpaired) electrons. The lowest BCUT2D eigenvalue weighted by molar-refractivity contribution is 0.0147. The molecule has 4 rings (SSSR count). The molecule has 1 heterocycles. The van der Waals surface area contributed by atoms with Crippen LogP contribution >= 0.6 is 0 Å². The summed E-state index contributed by atoms with van der Waals surface area (Å²) in [5, 5.41) is 14.8. The summed E-state index contributed by atoms with van der Waals surface area (Å²) in [5.41, 5.74) is 4.25. The summed E-state index contributed by atoms with van der Waals surface area (Å²) in [7, 11) is 0. The van der Waals surface area contributed by atoms with Crippen molar-refractivity contribution in [1.82, 2.24) is 0 Å². The van der Waals surface area contributed by atoms with E-state index in [4.69, 9.17) is 0 Å². The van der Waals surface area contributed by atoms with Gasteiger partial charge in [0.15, 0.2) is 0 Å². The standard InChI is InChI=1S/C18H19NO/c20-18(12-11-13-5-1-3-7-15(13)18)17-10-9-14-6-2-4-8-16(14)19-17/h1-8,17,19-20H,9-12H2. The number of aryl methyl sites for hydroxylation is 2. The summed E-state index contributed by atoms with van der Waals surface area (Å²) in [6, 6.07) is 16.9. The smallest absolute Gasteiger partial charge is 0.110 e. The molecule has 2 nitrogen and oxygen atoms in total. The van der Waals surface area contributed by atoms with E-state index in [2.05, 4.69) is 47.8 Å². The Morgan fingerprint density at radius 2 is 1.70 bits per heavy atom. The van der Waals surface area contributed by atoms with E-state index in [-0.39, 0.29) is 6.04 Å². The van der Waals surface area contributed by atoms with Crippen LogP contribution in [0.4, 0.5) is 5.69 Å². The Morgan fingerprint density at radius 3 is 2.60 bits per heavy atom. The van der Waals surface area contributed by atoms with Crippen molar-refractivity contribution in [3.63, 3.8) is 0 Å².